The molecule has 3 rings (SSSR count). The van der Waals surface area contributed by atoms with E-state index in [1.165, 1.54) is 21.5 Å². The summed E-state index contributed by atoms with van der Waals surface area (Å²) < 4.78 is 27.1. The van der Waals surface area contributed by atoms with Gasteiger partial charge in [0.2, 0.25) is 10.0 Å². The lowest BCUT2D eigenvalue weighted by atomic mass is 9.99. The number of rotatable bonds is 6. The molecule has 0 aromatic heterocycles. The molecule has 2 aromatic carbocycles. The zero-order valence-corrected chi connectivity index (χ0v) is 18.1. The average Bonchev–Trinajstić information content (AvgIpc) is 2.75. The fourth-order valence-corrected chi connectivity index (χ4v) is 5.13. The van der Waals surface area contributed by atoms with Crippen LogP contribution in [0.3, 0.4) is 0 Å². The summed E-state index contributed by atoms with van der Waals surface area (Å²) in [6.07, 6.45) is 2.87. The molecule has 0 spiro atoms. The quantitative estimate of drug-likeness (QED) is 0.722. The van der Waals surface area contributed by atoms with Gasteiger partial charge in [0, 0.05) is 31.7 Å². The second kappa shape index (κ2) is 8.93. The maximum absolute atomic E-state index is 13.1. The lowest BCUT2D eigenvalue weighted by molar-refractivity contribution is 0.0772. The summed E-state index contributed by atoms with van der Waals surface area (Å²) >= 11 is 0. The molecule has 154 valence electrons. The van der Waals surface area contributed by atoms with Crippen molar-refractivity contribution in [3.05, 3.63) is 71.3 Å². The number of carbonyl (C=O) groups is 1. The van der Waals surface area contributed by atoms with Crippen LogP contribution in [-0.4, -0.2) is 49.7 Å². The number of amides is 1. The van der Waals surface area contributed by atoms with Crippen LogP contribution in [0.2, 0.25) is 0 Å². The summed E-state index contributed by atoms with van der Waals surface area (Å²) in [5, 5.41) is 0. The third-order valence-electron chi connectivity index (χ3n) is 5.42. The summed E-state index contributed by atoms with van der Waals surface area (Å²) in [6.45, 7) is 7.40. The fourth-order valence-electron chi connectivity index (χ4n) is 3.64. The molecular formula is C23H28N2O3S. The van der Waals surface area contributed by atoms with Gasteiger partial charge in [-0.15, -0.1) is 0 Å². The predicted octanol–water partition coefficient (Wildman–Crippen LogP) is 3.96. The van der Waals surface area contributed by atoms with E-state index < -0.39 is 10.0 Å². The van der Waals surface area contributed by atoms with Crippen LogP contribution in [0.15, 0.2) is 59.5 Å². The van der Waals surface area contributed by atoms with Gasteiger partial charge in [-0.25, -0.2) is 8.42 Å². The zero-order valence-electron chi connectivity index (χ0n) is 17.3. The van der Waals surface area contributed by atoms with Gasteiger partial charge >= 0.3 is 0 Å². The molecule has 1 amide bonds. The molecule has 0 fully saturated rings. The Morgan fingerprint density at radius 3 is 2.34 bits per heavy atom. The van der Waals surface area contributed by atoms with Crippen LogP contribution >= 0.6 is 0 Å². The lowest BCUT2D eigenvalue weighted by Crippen LogP contribution is -2.35. The molecule has 0 atom stereocenters. The molecule has 1 aliphatic rings. The fraction of sp³-hybridized carbons (Fsp3) is 0.348. The number of aryl methyl sites for hydroxylation is 1. The molecular weight excluding hydrogens is 384 g/mol. The van der Waals surface area contributed by atoms with Gasteiger partial charge in [-0.2, -0.15) is 4.31 Å². The van der Waals surface area contributed by atoms with Crippen molar-refractivity contribution in [3.8, 4) is 0 Å². The number of nitrogens with zero attached hydrogens (tertiary/aromatic N) is 2. The smallest absolute Gasteiger partial charge is 0.254 e. The van der Waals surface area contributed by atoms with Gasteiger partial charge in [-0.1, -0.05) is 56.3 Å². The first-order valence-electron chi connectivity index (χ1n) is 10.0. The van der Waals surface area contributed by atoms with Gasteiger partial charge in [-0.3, -0.25) is 4.79 Å². The molecule has 6 heteroatoms. The monoisotopic (exact) mass is 412 g/mol. The van der Waals surface area contributed by atoms with E-state index in [1.807, 2.05) is 39.0 Å². The predicted molar refractivity (Wildman–Crippen MR) is 116 cm³/mol. The molecule has 0 N–H and O–H groups in total. The Kier molecular flexibility index (Phi) is 6.55. The highest BCUT2D eigenvalue weighted by Gasteiger charge is 2.25. The summed E-state index contributed by atoms with van der Waals surface area (Å²) in [4.78, 5) is 15.1. The molecule has 0 aliphatic carbocycles. The molecule has 0 saturated carbocycles. The molecule has 5 nitrogen and oxygen atoms in total. The van der Waals surface area contributed by atoms with Crippen LogP contribution in [0.25, 0.3) is 5.57 Å². The van der Waals surface area contributed by atoms with Crippen LogP contribution in [0.1, 0.15) is 41.8 Å². The van der Waals surface area contributed by atoms with Crippen LogP contribution < -0.4 is 0 Å². The number of carbonyl (C=O) groups excluding carboxylic acids is 1. The number of sulfonamides is 1. The molecule has 1 aliphatic heterocycles. The highest BCUT2D eigenvalue weighted by Crippen LogP contribution is 2.25. The summed E-state index contributed by atoms with van der Waals surface area (Å²) in [6, 6.07) is 15.0. The largest absolute Gasteiger partial charge is 0.335 e. The van der Waals surface area contributed by atoms with Gasteiger partial charge in [-0.05, 0) is 42.2 Å². The van der Waals surface area contributed by atoms with Gasteiger partial charge in [0.05, 0.1) is 4.90 Å². The van der Waals surface area contributed by atoms with E-state index >= 15 is 0 Å². The van der Waals surface area contributed by atoms with Crippen LogP contribution in [-0.2, 0) is 10.0 Å². The average molecular weight is 413 g/mol. The Labute approximate surface area is 173 Å². The topological polar surface area (TPSA) is 57.7 Å². The van der Waals surface area contributed by atoms with Crippen molar-refractivity contribution < 1.29 is 13.2 Å². The zero-order chi connectivity index (χ0) is 21.0. The van der Waals surface area contributed by atoms with Crippen molar-refractivity contribution in [3.63, 3.8) is 0 Å². The SMILES string of the molecule is CCN(CC)S(=O)(=O)c1ccc(C)c(C(=O)N2CC=C(c3ccccc3)CC2)c1. The van der Waals surface area contributed by atoms with E-state index in [9.17, 15) is 13.2 Å². The number of benzene rings is 2. The Morgan fingerprint density at radius 2 is 1.76 bits per heavy atom. The maximum Gasteiger partial charge on any atom is 0.254 e. The summed E-state index contributed by atoms with van der Waals surface area (Å²) in [5.41, 5.74) is 3.66. The van der Waals surface area contributed by atoms with Crippen molar-refractivity contribution in [2.75, 3.05) is 26.2 Å². The van der Waals surface area contributed by atoms with Gasteiger partial charge in [0.1, 0.15) is 0 Å². The molecule has 29 heavy (non-hydrogen) atoms. The van der Waals surface area contributed by atoms with Crippen molar-refractivity contribution in [1.82, 2.24) is 9.21 Å². The third-order valence-corrected chi connectivity index (χ3v) is 7.47. The highest BCUT2D eigenvalue weighted by molar-refractivity contribution is 7.89. The molecule has 0 radical (unpaired) electrons. The maximum atomic E-state index is 13.1. The minimum absolute atomic E-state index is 0.123. The first-order valence-corrected chi connectivity index (χ1v) is 11.5. The van der Waals surface area contributed by atoms with E-state index in [0.29, 0.717) is 31.7 Å². The van der Waals surface area contributed by atoms with Crippen molar-refractivity contribution >= 4 is 21.5 Å². The van der Waals surface area contributed by atoms with E-state index in [0.717, 1.165) is 12.0 Å². The first-order chi connectivity index (χ1) is 13.9. The second-order valence-corrected chi connectivity index (χ2v) is 9.10. The molecule has 0 saturated heterocycles. The molecule has 0 bridgehead atoms. The van der Waals surface area contributed by atoms with Gasteiger partial charge in [0.15, 0.2) is 0 Å². The normalized spacial score (nSPS) is 14.8. The first kappa shape index (κ1) is 21.3. The van der Waals surface area contributed by atoms with Crippen molar-refractivity contribution in [2.45, 2.75) is 32.1 Å². The van der Waals surface area contributed by atoms with Gasteiger partial charge < -0.3 is 4.90 Å². The summed E-state index contributed by atoms with van der Waals surface area (Å²) in [5.74, 6) is -0.123. The Balaban J connectivity index is 1.84. The second-order valence-electron chi connectivity index (χ2n) is 7.16. The van der Waals surface area contributed by atoms with Crippen molar-refractivity contribution in [1.29, 1.82) is 0 Å². The Hall–Kier alpha value is -2.44. The van der Waals surface area contributed by atoms with E-state index in [4.69, 9.17) is 0 Å². The standard InChI is InChI=1S/C23H28N2O3S/c1-4-25(5-2)29(27,28)21-12-11-18(3)22(17-21)23(26)24-15-13-20(14-16-24)19-9-7-6-8-10-19/h6-13,17H,4-5,14-16H2,1-3H3. The Morgan fingerprint density at radius 1 is 1.07 bits per heavy atom. The molecule has 2 aromatic rings. The van der Waals surface area contributed by atoms with Gasteiger partial charge in [0.25, 0.3) is 5.91 Å². The van der Waals surface area contributed by atoms with Crippen LogP contribution in [0, 0.1) is 6.92 Å². The number of hydrogen-bond donors (Lipinski definition) is 0. The molecule has 1 heterocycles. The summed E-state index contributed by atoms with van der Waals surface area (Å²) in [7, 11) is -3.60. The van der Waals surface area contributed by atoms with E-state index in [-0.39, 0.29) is 10.8 Å². The lowest BCUT2D eigenvalue weighted by Gasteiger charge is -2.27. The van der Waals surface area contributed by atoms with E-state index in [1.54, 1.807) is 17.0 Å². The highest BCUT2D eigenvalue weighted by atomic mass is 32.2. The van der Waals surface area contributed by atoms with Crippen LogP contribution in [0.4, 0.5) is 0 Å². The van der Waals surface area contributed by atoms with Crippen molar-refractivity contribution in [2.24, 2.45) is 0 Å². The number of hydrogen-bond acceptors (Lipinski definition) is 3. The van der Waals surface area contributed by atoms with E-state index in [2.05, 4.69) is 18.2 Å². The minimum Gasteiger partial charge on any atom is -0.335 e. The third kappa shape index (κ3) is 4.43. The van der Waals surface area contributed by atoms with Crippen LogP contribution in [0.5, 0.6) is 0 Å². The minimum atomic E-state index is -3.60. The molecule has 0 unspecified atom stereocenters. The Bertz CT molecular complexity index is 1010.